The lowest BCUT2D eigenvalue weighted by atomic mass is 9.90. The number of hydrogen-bond donors (Lipinski definition) is 1. The number of carbonyl (C=O) groups is 1. The van der Waals surface area contributed by atoms with Gasteiger partial charge in [0.2, 0.25) is 6.29 Å². The summed E-state index contributed by atoms with van der Waals surface area (Å²) in [6.45, 7) is 4.92. The van der Waals surface area contributed by atoms with Crippen LogP contribution in [0.15, 0.2) is 36.1 Å². The lowest BCUT2D eigenvalue weighted by Crippen LogP contribution is -2.39. The number of carbonyl (C=O) groups excluding carboxylic acids is 1. The highest BCUT2D eigenvalue weighted by Crippen LogP contribution is 2.30. The van der Waals surface area contributed by atoms with Gasteiger partial charge in [-0.3, -0.25) is 4.79 Å². The molecule has 0 radical (unpaired) electrons. The summed E-state index contributed by atoms with van der Waals surface area (Å²) in [4.78, 5) is 14.4. The number of ether oxygens (including phenoxy) is 4. The first kappa shape index (κ1) is 23.3. The van der Waals surface area contributed by atoms with Crippen molar-refractivity contribution < 1.29 is 28.8 Å². The molecule has 162 valence electrons. The van der Waals surface area contributed by atoms with Gasteiger partial charge in [0.1, 0.15) is 0 Å². The molecule has 0 spiro atoms. The molecule has 2 rings (SSSR count). The van der Waals surface area contributed by atoms with Crippen LogP contribution < -0.4 is 0 Å². The van der Waals surface area contributed by atoms with Gasteiger partial charge in [0.15, 0.2) is 12.0 Å². The largest absolute Gasteiger partial charge is 0.459 e. The van der Waals surface area contributed by atoms with E-state index in [1.54, 1.807) is 7.05 Å². The molecule has 0 saturated heterocycles. The summed E-state index contributed by atoms with van der Waals surface area (Å²) in [6.07, 6.45) is 1.58. The van der Waals surface area contributed by atoms with Gasteiger partial charge in [0.25, 0.3) is 5.91 Å². The predicted octanol–water partition coefficient (Wildman–Crippen LogP) is 2.68. The predicted molar refractivity (Wildman–Crippen MR) is 108 cm³/mol. The molecule has 0 aliphatic carbocycles. The van der Waals surface area contributed by atoms with Crippen molar-refractivity contribution in [1.29, 1.82) is 0 Å². The average Bonchev–Trinajstić information content (AvgIpc) is 2.75. The van der Waals surface area contributed by atoms with Crippen molar-refractivity contribution in [1.82, 2.24) is 4.90 Å². The van der Waals surface area contributed by atoms with Crippen molar-refractivity contribution in [3.8, 4) is 0 Å². The molecule has 0 aromatic heterocycles. The minimum absolute atomic E-state index is 0.0136. The van der Waals surface area contributed by atoms with E-state index >= 15 is 0 Å². The Hall–Kier alpha value is -1.93. The maximum absolute atomic E-state index is 12.9. The van der Waals surface area contributed by atoms with E-state index in [1.165, 1.54) is 19.1 Å². The van der Waals surface area contributed by atoms with Gasteiger partial charge in [-0.2, -0.15) is 0 Å². The third kappa shape index (κ3) is 6.82. The standard InChI is InChI=1S/C22H33NO6/c1-15(2)18-10-19(22(25)23(3)12-21(26-4)27-5)29-20(11-18)28-14-17-8-6-16(13-24)7-9-17/h6-10,15,18,20-21,24H,11-14H2,1-5H3. The second kappa shape index (κ2) is 11.3. The molecular formula is C22H33NO6. The molecule has 7 nitrogen and oxygen atoms in total. The second-order valence-electron chi connectivity index (χ2n) is 7.59. The van der Waals surface area contributed by atoms with Crippen LogP contribution in [0.5, 0.6) is 0 Å². The molecule has 0 bridgehead atoms. The number of likely N-dealkylation sites (N-methyl/N-ethyl adjacent to an activating group) is 1. The van der Waals surface area contributed by atoms with E-state index in [4.69, 9.17) is 24.1 Å². The van der Waals surface area contributed by atoms with Crippen LogP contribution in [0.1, 0.15) is 31.4 Å². The fourth-order valence-electron chi connectivity index (χ4n) is 3.07. The van der Waals surface area contributed by atoms with Gasteiger partial charge in [0, 0.05) is 27.7 Å². The van der Waals surface area contributed by atoms with Gasteiger partial charge in [-0.1, -0.05) is 38.1 Å². The SMILES string of the molecule is COC(CN(C)C(=O)C1=CC(C(C)C)CC(OCc2ccc(CO)cc2)O1)OC. The molecule has 0 saturated carbocycles. The minimum Gasteiger partial charge on any atom is -0.459 e. The Kier molecular flexibility index (Phi) is 9.10. The maximum Gasteiger partial charge on any atom is 0.288 e. The number of rotatable bonds is 10. The van der Waals surface area contributed by atoms with Gasteiger partial charge in [0.05, 0.1) is 19.8 Å². The molecule has 2 unspecified atom stereocenters. The summed E-state index contributed by atoms with van der Waals surface area (Å²) >= 11 is 0. The average molecular weight is 408 g/mol. The Morgan fingerprint density at radius 2 is 1.83 bits per heavy atom. The smallest absolute Gasteiger partial charge is 0.288 e. The van der Waals surface area contributed by atoms with E-state index in [0.717, 1.165) is 11.1 Å². The molecule has 7 heteroatoms. The fraction of sp³-hybridized carbons (Fsp3) is 0.591. The van der Waals surface area contributed by atoms with Crippen LogP contribution in [0.2, 0.25) is 0 Å². The Morgan fingerprint density at radius 3 is 2.38 bits per heavy atom. The summed E-state index contributed by atoms with van der Waals surface area (Å²) in [5.74, 6) is 0.602. The van der Waals surface area contributed by atoms with Crippen molar-refractivity contribution in [3.05, 3.63) is 47.2 Å². The summed E-state index contributed by atoms with van der Waals surface area (Å²) in [5, 5.41) is 9.15. The number of hydrogen-bond acceptors (Lipinski definition) is 6. The van der Waals surface area contributed by atoms with Crippen molar-refractivity contribution in [2.75, 3.05) is 27.8 Å². The van der Waals surface area contributed by atoms with Crippen LogP contribution in [-0.4, -0.2) is 56.3 Å². The highest BCUT2D eigenvalue weighted by Gasteiger charge is 2.31. The Morgan fingerprint density at radius 1 is 1.21 bits per heavy atom. The molecule has 1 amide bonds. The van der Waals surface area contributed by atoms with Crippen molar-refractivity contribution >= 4 is 5.91 Å². The summed E-state index contributed by atoms with van der Waals surface area (Å²) in [5.41, 5.74) is 1.83. The molecule has 0 fully saturated rings. The van der Waals surface area contributed by atoms with Gasteiger partial charge in [-0.15, -0.1) is 0 Å². The van der Waals surface area contributed by atoms with E-state index < -0.39 is 12.6 Å². The number of benzene rings is 1. The van der Waals surface area contributed by atoms with E-state index in [2.05, 4.69) is 13.8 Å². The molecule has 29 heavy (non-hydrogen) atoms. The van der Waals surface area contributed by atoms with Crippen molar-refractivity contribution in [2.45, 2.75) is 46.1 Å². The molecule has 1 aliphatic rings. The number of methoxy groups -OCH3 is 2. The van der Waals surface area contributed by atoms with Gasteiger partial charge in [-0.05, 0) is 29.0 Å². The first-order valence-electron chi connectivity index (χ1n) is 9.87. The van der Waals surface area contributed by atoms with E-state index in [1.807, 2.05) is 30.3 Å². The van der Waals surface area contributed by atoms with Gasteiger partial charge in [-0.25, -0.2) is 0 Å². The van der Waals surface area contributed by atoms with Crippen LogP contribution in [-0.2, 0) is 37.0 Å². The van der Waals surface area contributed by atoms with E-state index in [-0.39, 0.29) is 18.4 Å². The molecule has 1 aromatic carbocycles. The number of nitrogens with zero attached hydrogens (tertiary/aromatic N) is 1. The number of aliphatic hydroxyl groups excluding tert-OH is 1. The third-order valence-corrected chi connectivity index (χ3v) is 5.09. The topological polar surface area (TPSA) is 77.5 Å². The fourth-order valence-corrected chi connectivity index (χ4v) is 3.07. The van der Waals surface area contributed by atoms with Crippen molar-refractivity contribution in [2.24, 2.45) is 11.8 Å². The van der Waals surface area contributed by atoms with Crippen LogP contribution in [0, 0.1) is 11.8 Å². The first-order valence-corrected chi connectivity index (χ1v) is 9.87. The van der Waals surface area contributed by atoms with Crippen molar-refractivity contribution in [3.63, 3.8) is 0 Å². The maximum atomic E-state index is 12.9. The molecular weight excluding hydrogens is 374 g/mol. The van der Waals surface area contributed by atoms with Crippen LogP contribution in [0.4, 0.5) is 0 Å². The lowest BCUT2D eigenvalue weighted by Gasteiger charge is -2.32. The van der Waals surface area contributed by atoms with E-state index in [9.17, 15) is 4.79 Å². The quantitative estimate of drug-likeness (QED) is 0.601. The zero-order valence-electron chi connectivity index (χ0n) is 18.0. The summed E-state index contributed by atoms with van der Waals surface area (Å²) < 4.78 is 22.2. The Labute approximate surface area is 173 Å². The highest BCUT2D eigenvalue weighted by molar-refractivity contribution is 5.91. The molecule has 1 N–H and O–H groups in total. The number of allylic oxidation sites excluding steroid dienone is 1. The Bertz CT molecular complexity index is 668. The van der Waals surface area contributed by atoms with Gasteiger partial charge >= 0.3 is 0 Å². The van der Waals surface area contributed by atoms with E-state index in [0.29, 0.717) is 31.2 Å². The first-order chi connectivity index (χ1) is 13.9. The van der Waals surface area contributed by atoms with Crippen LogP contribution in [0.3, 0.4) is 0 Å². The second-order valence-corrected chi connectivity index (χ2v) is 7.59. The third-order valence-electron chi connectivity index (χ3n) is 5.09. The molecule has 1 aliphatic heterocycles. The van der Waals surface area contributed by atoms with Gasteiger partial charge < -0.3 is 29.0 Å². The molecule has 2 atom stereocenters. The normalized spacial score (nSPS) is 19.2. The zero-order chi connectivity index (χ0) is 21.4. The van der Waals surface area contributed by atoms with Crippen LogP contribution >= 0.6 is 0 Å². The summed E-state index contributed by atoms with van der Waals surface area (Å²) in [6, 6.07) is 7.56. The highest BCUT2D eigenvalue weighted by atomic mass is 16.7. The van der Waals surface area contributed by atoms with Crippen LogP contribution in [0.25, 0.3) is 0 Å². The monoisotopic (exact) mass is 407 g/mol. The summed E-state index contributed by atoms with van der Waals surface area (Å²) in [7, 11) is 4.76. The minimum atomic E-state index is -0.502. The molecule has 1 aromatic rings. The number of amides is 1. The lowest BCUT2D eigenvalue weighted by molar-refractivity contribution is -0.163. The number of aliphatic hydroxyl groups is 1. The molecule has 1 heterocycles. The Balaban J connectivity index is 2.02. The zero-order valence-corrected chi connectivity index (χ0v) is 18.0.